The molecule has 0 unspecified atom stereocenters. The molecule has 1 aliphatic rings. The second-order valence-electron chi connectivity index (χ2n) is 7.76. The number of thiophene rings is 1. The zero-order chi connectivity index (χ0) is 23.7. The predicted octanol–water partition coefficient (Wildman–Crippen LogP) is 6.37. The van der Waals surface area contributed by atoms with Crippen molar-refractivity contribution in [1.82, 2.24) is 4.98 Å². The number of nitrogens with zero attached hydrogens (tertiary/aromatic N) is 1. The third-order valence-electron chi connectivity index (χ3n) is 5.55. The highest BCUT2D eigenvalue weighted by molar-refractivity contribution is 7.10. The van der Waals surface area contributed by atoms with Crippen molar-refractivity contribution in [2.24, 2.45) is 0 Å². The number of para-hydroxylation sites is 1. The Hall–Kier alpha value is -3.55. The monoisotopic (exact) mass is 492 g/mol. The third-order valence-corrected chi connectivity index (χ3v) is 6.68. The highest BCUT2D eigenvalue weighted by atomic mass is 35.5. The molecule has 0 saturated carbocycles. The van der Waals surface area contributed by atoms with Crippen LogP contribution in [0.3, 0.4) is 0 Å². The summed E-state index contributed by atoms with van der Waals surface area (Å²) in [5.74, 6) is -1.68. The maximum Gasteiger partial charge on any atom is 0.339 e. The maximum atomic E-state index is 13.2. The zero-order valence-electron chi connectivity index (χ0n) is 17.8. The first kappa shape index (κ1) is 22.3. The Morgan fingerprint density at radius 1 is 1.15 bits per heavy atom. The van der Waals surface area contributed by atoms with E-state index in [1.54, 1.807) is 11.3 Å². The van der Waals surface area contributed by atoms with Crippen LogP contribution < -0.4 is 5.32 Å². The van der Waals surface area contributed by atoms with Crippen LogP contribution in [-0.4, -0.2) is 23.5 Å². The van der Waals surface area contributed by atoms with E-state index in [0.29, 0.717) is 22.9 Å². The molecule has 1 N–H and O–H groups in total. The Balaban J connectivity index is 1.42. The molecule has 2 heterocycles. The lowest BCUT2D eigenvalue weighted by atomic mass is 10.0. The highest BCUT2D eigenvalue weighted by Crippen LogP contribution is 2.38. The molecule has 34 heavy (non-hydrogen) atoms. The number of nitrogens with one attached hydrogen (secondary N) is 1. The van der Waals surface area contributed by atoms with Crippen molar-refractivity contribution in [2.45, 2.75) is 12.8 Å². The number of anilines is 1. The molecule has 2 aromatic carbocycles. The van der Waals surface area contributed by atoms with E-state index >= 15 is 0 Å². The number of hydrogen-bond donors (Lipinski definition) is 1. The summed E-state index contributed by atoms with van der Waals surface area (Å²) in [6, 6.07) is 15.1. The highest BCUT2D eigenvalue weighted by Gasteiger charge is 2.28. The van der Waals surface area contributed by atoms with E-state index in [1.165, 1.54) is 12.1 Å². The molecule has 8 heteroatoms. The molecule has 2 aromatic heterocycles. The van der Waals surface area contributed by atoms with Crippen molar-refractivity contribution in [3.63, 3.8) is 0 Å². The SMILES string of the molecule is O=C(COC(=O)c1c2c(nc3ccccc13)/C(=C/c1cccs1)CC2)Nc1ccc(F)cc1Cl. The zero-order valence-corrected chi connectivity index (χ0v) is 19.4. The van der Waals surface area contributed by atoms with Crippen LogP contribution in [0.4, 0.5) is 10.1 Å². The summed E-state index contributed by atoms with van der Waals surface area (Å²) >= 11 is 7.59. The number of benzene rings is 2. The van der Waals surface area contributed by atoms with Crippen LogP contribution in [0, 0.1) is 5.82 Å². The van der Waals surface area contributed by atoms with Gasteiger partial charge in [-0.05, 0) is 65.8 Å². The van der Waals surface area contributed by atoms with Gasteiger partial charge in [-0.1, -0.05) is 35.9 Å². The number of aromatic nitrogens is 1. The molecule has 0 atom stereocenters. The molecule has 0 radical (unpaired) electrons. The molecule has 170 valence electrons. The number of halogens is 2. The molecule has 0 bridgehead atoms. The van der Waals surface area contributed by atoms with Crippen LogP contribution in [-0.2, 0) is 16.0 Å². The van der Waals surface area contributed by atoms with E-state index in [2.05, 4.69) is 11.4 Å². The standard InChI is InChI=1S/C26H18ClFN2O3S/c27-20-13-16(28)8-10-22(20)29-23(31)14-33-26(32)24-18-5-1-2-6-21(18)30-25-15(7-9-19(24)25)12-17-4-3-11-34-17/h1-6,8,10-13H,7,9,14H2,(H,29,31)/b15-12+. The van der Waals surface area contributed by atoms with E-state index < -0.39 is 24.3 Å². The average Bonchev–Trinajstić information content (AvgIpc) is 3.48. The number of carbonyl (C=O) groups is 2. The van der Waals surface area contributed by atoms with Gasteiger partial charge in [0.2, 0.25) is 0 Å². The van der Waals surface area contributed by atoms with Crippen molar-refractivity contribution in [3.8, 4) is 0 Å². The van der Waals surface area contributed by atoms with E-state index in [-0.39, 0.29) is 10.7 Å². The molecule has 5 nitrogen and oxygen atoms in total. The molecule has 0 saturated heterocycles. The van der Waals surface area contributed by atoms with Gasteiger partial charge < -0.3 is 10.1 Å². The van der Waals surface area contributed by atoms with Crippen molar-refractivity contribution in [1.29, 1.82) is 0 Å². The van der Waals surface area contributed by atoms with Crippen molar-refractivity contribution in [3.05, 3.63) is 92.5 Å². The fourth-order valence-corrected chi connectivity index (χ4v) is 4.93. The summed E-state index contributed by atoms with van der Waals surface area (Å²) in [6.07, 6.45) is 3.53. The minimum Gasteiger partial charge on any atom is -0.452 e. The molecular formula is C26H18ClFN2O3S. The summed E-state index contributed by atoms with van der Waals surface area (Å²) in [6.45, 7) is -0.504. The molecule has 0 aliphatic heterocycles. The van der Waals surface area contributed by atoms with Crippen LogP contribution in [0.25, 0.3) is 22.6 Å². The van der Waals surface area contributed by atoms with Gasteiger partial charge in [-0.3, -0.25) is 4.79 Å². The molecule has 5 rings (SSSR count). The first-order valence-electron chi connectivity index (χ1n) is 10.6. The van der Waals surface area contributed by atoms with E-state index in [0.717, 1.165) is 34.2 Å². The summed E-state index contributed by atoms with van der Waals surface area (Å²) in [5.41, 5.74) is 4.05. The van der Waals surface area contributed by atoms with Gasteiger partial charge in [-0.15, -0.1) is 11.3 Å². The van der Waals surface area contributed by atoms with Crippen molar-refractivity contribution >= 4 is 63.1 Å². The van der Waals surface area contributed by atoms with Gasteiger partial charge in [0.05, 0.1) is 27.5 Å². The maximum absolute atomic E-state index is 13.2. The van der Waals surface area contributed by atoms with Gasteiger partial charge in [-0.25, -0.2) is 14.2 Å². The van der Waals surface area contributed by atoms with Crippen LogP contribution >= 0.6 is 22.9 Å². The van der Waals surface area contributed by atoms with Gasteiger partial charge in [-0.2, -0.15) is 0 Å². The smallest absolute Gasteiger partial charge is 0.339 e. The fraction of sp³-hybridized carbons (Fsp3) is 0.115. The van der Waals surface area contributed by atoms with Crippen LogP contribution in [0.1, 0.15) is 32.9 Å². The molecular weight excluding hydrogens is 475 g/mol. The molecule has 0 fully saturated rings. The predicted molar refractivity (Wildman–Crippen MR) is 133 cm³/mol. The van der Waals surface area contributed by atoms with Crippen molar-refractivity contribution in [2.75, 3.05) is 11.9 Å². The molecule has 1 amide bonds. The summed E-state index contributed by atoms with van der Waals surface area (Å²) in [7, 11) is 0. The van der Waals surface area contributed by atoms with E-state index in [4.69, 9.17) is 21.3 Å². The Labute approximate surface area is 203 Å². The first-order chi connectivity index (χ1) is 16.5. The minimum absolute atomic E-state index is 0.0580. The van der Waals surface area contributed by atoms with Crippen LogP contribution in [0.5, 0.6) is 0 Å². The normalized spacial score (nSPS) is 13.8. The minimum atomic E-state index is -0.590. The number of fused-ring (bicyclic) bond motifs is 2. The lowest BCUT2D eigenvalue weighted by Crippen LogP contribution is -2.22. The van der Waals surface area contributed by atoms with Gasteiger partial charge in [0, 0.05) is 10.3 Å². The van der Waals surface area contributed by atoms with Crippen LogP contribution in [0.2, 0.25) is 5.02 Å². The number of ether oxygens (including phenoxy) is 1. The molecule has 4 aromatic rings. The summed E-state index contributed by atoms with van der Waals surface area (Å²) < 4.78 is 18.6. The number of rotatable bonds is 5. The third kappa shape index (κ3) is 4.44. The number of carbonyl (C=O) groups excluding carboxylic acids is 2. The number of pyridine rings is 1. The van der Waals surface area contributed by atoms with E-state index in [9.17, 15) is 14.0 Å². The summed E-state index contributed by atoms with van der Waals surface area (Å²) in [4.78, 5) is 31.5. The lowest BCUT2D eigenvalue weighted by molar-refractivity contribution is -0.119. The number of allylic oxidation sites excluding steroid dienone is 1. The molecule has 0 spiro atoms. The lowest BCUT2D eigenvalue weighted by Gasteiger charge is -2.13. The fourth-order valence-electron chi connectivity index (χ4n) is 4.04. The quantitative estimate of drug-likeness (QED) is 0.329. The largest absolute Gasteiger partial charge is 0.452 e. The number of hydrogen-bond acceptors (Lipinski definition) is 5. The second-order valence-corrected chi connectivity index (χ2v) is 9.15. The van der Waals surface area contributed by atoms with Crippen molar-refractivity contribution < 1.29 is 18.7 Å². The first-order valence-corrected chi connectivity index (χ1v) is 11.8. The Bertz CT molecular complexity index is 1450. The average molecular weight is 493 g/mol. The Morgan fingerprint density at radius 2 is 2.00 bits per heavy atom. The second kappa shape index (κ2) is 9.37. The number of esters is 1. The molecule has 1 aliphatic carbocycles. The van der Waals surface area contributed by atoms with Gasteiger partial charge >= 0.3 is 5.97 Å². The van der Waals surface area contributed by atoms with Crippen LogP contribution in [0.15, 0.2) is 60.0 Å². The van der Waals surface area contributed by atoms with E-state index in [1.807, 2.05) is 41.8 Å². The number of amides is 1. The topological polar surface area (TPSA) is 68.3 Å². The van der Waals surface area contributed by atoms with Gasteiger partial charge in [0.15, 0.2) is 6.61 Å². The van der Waals surface area contributed by atoms with Gasteiger partial charge in [0.25, 0.3) is 5.91 Å². The van der Waals surface area contributed by atoms with Gasteiger partial charge in [0.1, 0.15) is 5.82 Å². The Kier molecular flexibility index (Phi) is 6.13. The Morgan fingerprint density at radius 3 is 2.79 bits per heavy atom. The summed E-state index contributed by atoms with van der Waals surface area (Å²) in [5, 5.41) is 5.29.